The summed E-state index contributed by atoms with van der Waals surface area (Å²) in [6, 6.07) is 14.8. The minimum absolute atomic E-state index is 0.265. The van der Waals surface area contributed by atoms with Gasteiger partial charge in [-0.2, -0.15) is 0 Å². The van der Waals surface area contributed by atoms with E-state index in [1.807, 2.05) is 69.3 Å². The molecule has 2 amide bonds. The molecule has 0 radical (unpaired) electrons. The number of hydrogen-bond donors (Lipinski definition) is 2. The Morgan fingerprint density at radius 2 is 1.71 bits per heavy atom. The summed E-state index contributed by atoms with van der Waals surface area (Å²) in [5, 5.41) is 2.82. The molecule has 2 heterocycles. The van der Waals surface area contributed by atoms with Gasteiger partial charge in [-0.1, -0.05) is 36.4 Å². The number of ether oxygens (including phenoxy) is 1. The number of imidazole rings is 1. The maximum atomic E-state index is 12.8. The van der Waals surface area contributed by atoms with Crippen molar-refractivity contribution in [2.75, 3.05) is 32.7 Å². The van der Waals surface area contributed by atoms with Gasteiger partial charge in [0.1, 0.15) is 5.60 Å². The van der Waals surface area contributed by atoms with Crippen molar-refractivity contribution >= 4 is 23.2 Å². The number of H-pyrrole nitrogens is 1. The smallest absolute Gasteiger partial charge is 0.410 e. The summed E-state index contributed by atoms with van der Waals surface area (Å²) in [6.45, 7) is 9.59. The van der Waals surface area contributed by atoms with Gasteiger partial charge in [0.05, 0.1) is 11.0 Å². The minimum atomic E-state index is -0.496. The van der Waals surface area contributed by atoms with Crippen LogP contribution in [0.25, 0.3) is 11.0 Å². The SMILES string of the molecule is CC(C)(C)OC(=O)N1CCN(CCc2ccc3[nH]c(=O)n(C(=O)NCc4ccccc4)c3c2)CC1. The topological polar surface area (TPSA) is 99.7 Å². The van der Waals surface area contributed by atoms with E-state index >= 15 is 0 Å². The van der Waals surface area contributed by atoms with Crippen LogP contribution in [0.15, 0.2) is 53.3 Å². The average molecular weight is 480 g/mol. The largest absolute Gasteiger partial charge is 0.444 e. The highest BCUT2D eigenvalue weighted by Gasteiger charge is 2.25. The Labute approximate surface area is 204 Å². The van der Waals surface area contributed by atoms with Gasteiger partial charge in [0, 0.05) is 39.3 Å². The first kappa shape index (κ1) is 24.5. The van der Waals surface area contributed by atoms with Crippen LogP contribution in [0.3, 0.4) is 0 Å². The van der Waals surface area contributed by atoms with Gasteiger partial charge in [0.15, 0.2) is 0 Å². The molecule has 0 unspecified atom stereocenters. The lowest BCUT2D eigenvalue weighted by Crippen LogP contribution is -2.50. The van der Waals surface area contributed by atoms with Gasteiger partial charge in [-0.05, 0) is 50.5 Å². The molecule has 0 aliphatic carbocycles. The van der Waals surface area contributed by atoms with E-state index in [0.717, 1.165) is 41.7 Å². The molecule has 9 heteroatoms. The van der Waals surface area contributed by atoms with Gasteiger partial charge in [0.2, 0.25) is 0 Å². The number of carbonyl (C=O) groups excluding carboxylic acids is 2. The van der Waals surface area contributed by atoms with Crippen LogP contribution in [-0.2, 0) is 17.7 Å². The third-order valence-electron chi connectivity index (χ3n) is 5.98. The zero-order valence-electron chi connectivity index (χ0n) is 20.5. The monoisotopic (exact) mass is 479 g/mol. The van der Waals surface area contributed by atoms with Crippen molar-refractivity contribution in [3.05, 3.63) is 70.1 Å². The lowest BCUT2D eigenvalue weighted by Gasteiger charge is -2.35. The maximum absolute atomic E-state index is 12.8. The predicted molar refractivity (Wildman–Crippen MR) is 135 cm³/mol. The molecule has 0 bridgehead atoms. The lowest BCUT2D eigenvalue weighted by atomic mass is 10.1. The van der Waals surface area contributed by atoms with Crippen LogP contribution < -0.4 is 11.0 Å². The highest BCUT2D eigenvalue weighted by atomic mass is 16.6. The number of nitrogens with one attached hydrogen (secondary N) is 2. The maximum Gasteiger partial charge on any atom is 0.410 e. The molecule has 0 saturated carbocycles. The molecule has 4 rings (SSSR count). The molecule has 1 fully saturated rings. The first-order chi connectivity index (χ1) is 16.7. The highest BCUT2D eigenvalue weighted by molar-refractivity contribution is 5.89. The molecule has 9 nitrogen and oxygen atoms in total. The number of nitrogens with zero attached hydrogens (tertiary/aromatic N) is 3. The van der Waals surface area contributed by atoms with Crippen LogP contribution in [-0.4, -0.2) is 69.8 Å². The number of benzene rings is 2. The highest BCUT2D eigenvalue weighted by Crippen LogP contribution is 2.15. The number of rotatable bonds is 5. The van der Waals surface area contributed by atoms with Crippen molar-refractivity contribution in [3.8, 4) is 0 Å². The van der Waals surface area contributed by atoms with E-state index in [9.17, 15) is 14.4 Å². The van der Waals surface area contributed by atoms with Crippen LogP contribution in [0.4, 0.5) is 9.59 Å². The Balaban J connectivity index is 1.35. The summed E-state index contributed by atoms with van der Waals surface area (Å²) in [6.07, 6.45) is 0.506. The summed E-state index contributed by atoms with van der Waals surface area (Å²) in [4.78, 5) is 44.3. The third kappa shape index (κ3) is 6.30. The molecule has 2 N–H and O–H groups in total. The number of aromatic amines is 1. The number of amides is 2. The van der Waals surface area contributed by atoms with Crippen LogP contribution in [0.5, 0.6) is 0 Å². The van der Waals surface area contributed by atoms with E-state index in [2.05, 4.69) is 15.2 Å². The van der Waals surface area contributed by atoms with E-state index in [0.29, 0.717) is 30.7 Å². The molecule has 3 aromatic rings. The minimum Gasteiger partial charge on any atom is -0.444 e. The molecular formula is C26H33N5O4. The van der Waals surface area contributed by atoms with Crippen LogP contribution >= 0.6 is 0 Å². The fourth-order valence-corrected chi connectivity index (χ4v) is 4.13. The summed E-state index contributed by atoms with van der Waals surface area (Å²) in [5.74, 6) is 0. The van der Waals surface area contributed by atoms with E-state index in [1.165, 1.54) is 0 Å². The van der Waals surface area contributed by atoms with Crippen molar-refractivity contribution in [1.29, 1.82) is 0 Å². The van der Waals surface area contributed by atoms with Crippen molar-refractivity contribution in [3.63, 3.8) is 0 Å². The quantitative estimate of drug-likeness (QED) is 0.586. The van der Waals surface area contributed by atoms with E-state index in [1.54, 1.807) is 4.90 Å². The summed E-state index contributed by atoms with van der Waals surface area (Å²) in [5.41, 5.74) is 2.23. The Kier molecular flexibility index (Phi) is 7.25. The number of aromatic nitrogens is 2. The van der Waals surface area contributed by atoms with Gasteiger partial charge in [-0.25, -0.2) is 19.0 Å². The van der Waals surface area contributed by atoms with Gasteiger partial charge in [0.25, 0.3) is 0 Å². The van der Waals surface area contributed by atoms with Crippen molar-refractivity contribution < 1.29 is 14.3 Å². The number of fused-ring (bicyclic) bond motifs is 1. The third-order valence-corrected chi connectivity index (χ3v) is 5.98. The molecular weight excluding hydrogens is 446 g/mol. The number of carbonyl (C=O) groups is 2. The molecule has 0 spiro atoms. The standard InChI is InChI=1S/C26H33N5O4/c1-26(2,3)35-25(34)30-15-13-29(14-16-30)12-11-19-9-10-21-22(17-19)31(24(33)28-21)23(32)27-18-20-7-5-4-6-8-20/h4-10,17H,11-16,18H2,1-3H3,(H,27,32)(H,28,33). The van der Waals surface area contributed by atoms with Crippen LogP contribution in [0.2, 0.25) is 0 Å². The van der Waals surface area contributed by atoms with E-state index in [4.69, 9.17) is 4.74 Å². The van der Waals surface area contributed by atoms with E-state index < -0.39 is 17.3 Å². The Morgan fingerprint density at radius 1 is 1.00 bits per heavy atom. The second-order valence-corrected chi connectivity index (χ2v) is 9.82. The van der Waals surface area contributed by atoms with Gasteiger partial charge >= 0.3 is 17.8 Å². The fourth-order valence-electron chi connectivity index (χ4n) is 4.13. The Bertz CT molecular complexity index is 1230. The molecule has 1 aliphatic rings. The fraction of sp³-hybridized carbons (Fsp3) is 0.423. The van der Waals surface area contributed by atoms with Crippen molar-refractivity contribution in [1.82, 2.24) is 24.7 Å². The first-order valence-electron chi connectivity index (χ1n) is 12.0. The molecule has 0 atom stereocenters. The van der Waals surface area contributed by atoms with Gasteiger partial charge < -0.3 is 19.9 Å². The van der Waals surface area contributed by atoms with Crippen LogP contribution in [0, 0.1) is 0 Å². The average Bonchev–Trinajstić information content (AvgIpc) is 3.16. The molecule has 186 valence electrons. The Hall–Kier alpha value is -3.59. The summed E-state index contributed by atoms with van der Waals surface area (Å²) in [7, 11) is 0. The number of piperazine rings is 1. The summed E-state index contributed by atoms with van der Waals surface area (Å²) < 4.78 is 6.62. The normalized spacial score (nSPS) is 14.8. The Morgan fingerprint density at radius 3 is 2.40 bits per heavy atom. The zero-order chi connectivity index (χ0) is 25.0. The summed E-state index contributed by atoms with van der Waals surface area (Å²) >= 11 is 0. The van der Waals surface area contributed by atoms with Crippen LogP contribution in [0.1, 0.15) is 31.9 Å². The molecule has 1 aliphatic heterocycles. The van der Waals surface area contributed by atoms with Crippen molar-refractivity contribution in [2.24, 2.45) is 0 Å². The zero-order valence-corrected chi connectivity index (χ0v) is 20.5. The lowest BCUT2D eigenvalue weighted by molar-refractivity contribution is 0.0146. The second-order valence-electron chi connectivity index (χ2n) is 9.82. The molecule has 2 aromatic carbocycles. The number of hydrogen-bond acceptors (Lipinski definition) is 5. The molecule has 1 saturated heterocycles. The molecule has 35 heavy (non-hydrogen) atoms. The van der Waals surface area contributed by atoms with Gasteiger partial charge in [-0.3, -0.25) is 4.90 Å². The molecule has 1 aromatic heterocycles. The predicted octanol–water partition coefficient (Wildman–Crippen LogP) is 3.18. The van der Waals surface area contributed by atoms with Crippen molar-refractivity contribution in [2.45, 2.75) is 39.3 Å². The first-order valence-corrected chi connectivity index (χ1v) is 12.0. The second kappa shape index (κ2) is 10.4. The van der Waals surface area contributed by atoms with Gasteiger partial charge in [-0.15, -0.1) is 0 Å². The van der Waals surface area contributed by atoms with E-state index in [-0.39, 0.29) is 6.09 Å².